The molecule has 2 aliphatic heterocycles. The average molecular weight is 468 g/mol. The highest BCUT2D eigenvalue weighted by Crippen LogP contribution is 2.30. The molecule has 8 heteroatoms. The maximum atomic E-state index is 13.0. The standard InChI is InChI=1S/C25H33N5O2S/c31-24(27-21-6-7-21)18-28-11-13-29(14-12-28)25(32)26-16-22(19-4-2-1-3-5-19)30-10-8-23-20(17-30)9-15-33-23/h1-5,9,15,21-22H,6-8,10-14,16-18H2,(H,26,32)(H,27,31). The van der Waals surface area contributed by atoms with Gasteiger partial charge in [-0.05, 0) is 41.8 Å². The zero-order valence-electron chi connectivity index (χ0n) is 19.0. The lowest BCUT2D eigenvalue weighted by Gasteiger charge is -2.37. The Bertz CT molecular complexity index is 953. The van der Waals surface area contributed by atoms with Crippen LogP contribution >= 0.6 is 11.3 Å². The third-order valence-corrected chi connectivity index (χ3v) is 7.90. The van der Waals surface area contributed by atoms with Gasteiger partial charge in [-0.3, -0.25) is 14.6 Å². The Balaban J connectivity index is 1.14. The summed E-state index contributed by atoms with van der Waals surface area (Å²) in [5, 5.41) is 8.43. The molecule has 5 rings (SSSR count). The Hall–Kier alpha value is -2.42. The highest BCUT2D eigenvalue weighted by molar-refractivity contribution is 7.10. The van der Waals surface area contributed by atoms with E-state index in [4.69, 9.17) is 0 Å². The first-order valence-electron chi connectivity index (χ1n) is 12.0. The van der Waals surface area contributed by atoms with Crippen LogP contribution in [0.5, 0.6) is 0 Å². The molecule has 2 fully saturated rings. The van der Waals surface area contributed by atoms with Crippen molar-refractivity contribution < 1.29 is 9.59 Å². The average Bonchev–Trinajstić information content (AvgIpc) is 3.52. The van der Waals surface area contributed by atoms with Crippen LogP contribution in [0.2, 0.25) is 0 Å². The van der Waals surface area contributed by atoms with E-state index in [-0.39, 0.29) is 18.0 Å². The van der Waals surface area contributed by atoms with Gasteiger partial charge < -0.3 is 15.5 Å². The van der Waals surface area contributed by atoms with Gasteiger partial charge in [-0.15, -0.1) is 11.3 Å². The Morgan fingerprint density at radius 1 is 1.03 bits per heavy atom. The van der Waals surface area contributed by atoms with E-state index in [0.29, 0.717) is 32.2 Å². The van der Waals surface area contributed by atoms with Gasteiger partial charge in [0.05, 0.1) is 12.6 Å². The van der Waals surface area contributed by atoms with Gasteiger partial charge in [0.2, 0.25) is 5.91 Å². The number of benzene rings is 1. The maximum Gasteiger partial charge on any atom is 0.317 e. The molecule has 1 aromatic carbocycles. The summed E-state index contributed by atoms with van der Waals surface area (Å²) in [5.74, 6) is 0.108. The van der Waals surface area contributed by atoms with Gasteiger partial charge in [0.25, 0.3) is 0 Å². The first kappa shape index (κ1) is 22.4. The topological polar surface area (TPSA) is 67.9 Å². The number of carbonyl (C=O) groups is 2. The predicted molar refractivity (Wildman–Crippen MR) is 130 cm³/mol. The van der Waals surface area contributed by atoms with Crippen LogP contribution in [0.3, 0.4) is 0 Å². The fourth-order valence-electron chi connectivity index (χ4n) is 4.78. The molecule has 3 amide bonds. The van der Waals surface area contributed by atoms with E-state index >= 15 is 0 Å². The number of nitrogens with zero attached hydrogens (tertiary/aromatic N) is 3. The number of nitrogens with one attached hydrogen (secondary N) is 2. The molecular weight excluding hydrogens is 434 g/mol. The van der Waals surface area contributed by atoms with E-state index in [0.717, 1.165) is 45.4 Å². The van der Waals surface area contributed by atoms with Gasteiger partial charge in [0.1, 0.15) is 0 Å². The zero-order chi connectivity index (χ0) is 22.6. The van der Waals surface area contributed by atoms with E-state index in [1.54, 1.807) is 0 Å². The summed E-state index contributed by atoms with van der Waals surface area (Å²) in [4.78, 5) is 33.0. The number of urea groups is 1. The van der Waals surface area contributed by atoms with Gasteiger partial charge in [-0.2, -0.15) is 0 Å². The maximum absolute atomic E-state index is 13.0. The molecule has 3 aliphatic rings. The molecule has 1 atom stereocenters. The molecule has 1 aromatic heterocycles. The van der Waals surface area contributed by atoms with Crippen LogP contribution < -0.4 is 10.6 Å². The van der Waals surface area contributed by atoms with Gasteiger partial charge in [0, 0.05) is 56.7 Å². The molecule has 33 heavy (non-hydrogen) atoms. The normalized spacial score (nSPS) is 20.2. The highest BCUT2D eigenvalue weighted by atomic mass is 32.1. The second-order valence-corrected chi connectivity index (χ2v) is 10.3. The Morgan fingerprint density at radius 2 is 1.82 bits per heavy atom. The van der Waals surface area contributed by atoms with Crippen LogP contribution in [0.25, 0.3) is 0 Å². The summed E-state index contributed by atoms with van der Waals surface area (Å²) in [7, 11) is 0. The number of thiophene rings is 1. The molecule has 0 spiro atoms. The van der Waals surface area contributed by atoms with Crippen LogP contribution in [0.4, 0.5) is 4.79 Å². The van der Waals surface area contributed by atoms with Crippen molar-refractivity contribution in [2.75, 3.05) is 45.8 Å². The lowest BCUT2D eigenvalue weighted by Crippen LogP contribution is -2.54. The van der Waals surface area contributed by atoms with Crippen molar-refractivity contribution >= 4 is 23.3 Å². The van der Waals surface area contributed by atoms with Gasteiger partial charge in [-0.25, -0.2) is 4.79 Å². The molecule has 3 heterocycles. The Morgan fingerprint density at radius 3 is 2.58 bits per heavy atom. The minimum atomic E-state index is -0.00811. The molecule has 2 N–H and O–H groups in total. The highest BCUT2D eigenvalue weighted by Gasteiger charge is 2.28. The third kappa shape index (κ3) is 5.75. The fraction of sp³-hybridized carbons (Fsp3) is 0.520. The van der Waals surface area contributed by atoms with E-state index in [9.17, 15) is 9.59 Å². The quantitative estimate of drug-likeness (QED) is 0.657. The molecule has 2 aromatic rings. The largest absolute Gasteiger partial charge is 0.352 e. The zero-order valence-corrected chi connectivity index (χ0v) is 19.9. The number of fused-ring (bicyclic) bond motifs is 1. The van der Waals surface area contributed by atoms with E-state index in [1.165, 1.54) is 16.0 Å². The number of hydrogen-bond acceptors (Lipinski definition) is 5. The molecule has 176 valence electrons. The van der Waals surface area contributed by atoms with Crippen molar-refractivity contribution in [2.24, 2.45) is 0 Å². The molecule has 1 unspecified atom stereocenters. The lowest BCUT2D eigenvalue weighted by atomic mass is 10.0. The van der Waals surface area contributed by atoms with Crippen molar-refractivity contribution in [3.63, 3.8) is 0 Å². The molecular formula is C25H33N5O2S. The molecule has 1 saturated carbocycles. The first-order chi connectivity index (χ1) is 16.2. The number of carbonyl (C=O) groups excluding carboxylic acids is 2. The summed E-state index contributed by atoms with van der Waals surface area (Å²) >= 11 is 1.85. The number of piperazine rings is 1. The van der Waals surface area contributed by atoms with Crippen molar-refractivity contribution in [3.05, 3.63) is 57.8 Å². The van der Waals surface area contributed by atoms with E-state index < -0.39 is 0 Å². The Kier molecular flexibility index (Phi) is 6.94. The van der Waals surface area contributed by atoms with Crippen LogP contribution in [0, 0.1) is 0 Å². The molecule has 1 saturated heterocycles. The van der Waals surface area contributed by atoms with Crippen molar-refractivity contribution in [1.82, 2.24) is 25.3 Å². The smallest absolute Gasteiger partial charge is 0.317 e. The predicted octanol–water partition coefficient (Wildman–Crippen LogP) is 2.45. The summed E-state index contributed by atoms with van der Waals surface area (Å²) in [6.45, 7) is 5.73. The van der Waals surface area contributed by atoms with Crippen molar-refractivity contribution in [3.8, 4) is 0 Å². The number of rotatable bonds is 7. The monoisotopic (exact) mass is 467 g/mol. The van der Waals surface area contributed by atoms with E-state index in [2.05, 4.69) is 56.1 Å². The fourth-order valence-corrected chi connectivity index (χ4v) is 5.67. The summed E-state index contributed by atoms with van der Waals surface area (Å²) < 4.78 is 0. The Labute approximate surface area is 199 Å². The number of hydrogen-bond donors (Lipinski definition) is 2. The van der Waals surface area contributed by atoms with Gasteiger partial charge >= 0.3 is 6.03 Å². The SMILES string of the molecule is O=C(CN1CCN(C(=O)NCC(c2ccccc2)N2CCc3sccc3C2)CC1)NC1CC1. The molecule has 7 nitrogen and oxygen atoms in total. The van der Waals surface area contributed by atoms with Crippen molar-refractivity contribution in [1.29, 1.82) is 0 Å². The second-order valence-electron chi connectivity index (χ2n) is 9.31. The van der Waals surface area contributed by atoms with Crippen LogP contribution in [-0.4, -0.2) is 78.5 Å². The molecule has 0 bridgehead atoms. The number of amides is 3. The summed E-state index contributed by atoms with van der Waals surface area (Å²) in [5.41, 5.74) is 2.66. The lowest BCUT2D eigenvalue weighted by molar-refractivity contribution is -0.122. The first-order valence-corrected chi connectivity index (χ1v) is 12.9. The second kappa shape index (κ2) is 10.2. The van der Waals surface area contributed by atoms with E-state index in [1.807, 2.05) is 22.3 Å². The van der Waals surface area contributed by atoms with Gasteiger partial charge in [-0.1, -0.05) is 30.3 Å². The summed E-state index contributed by atoms with van der Waals surface area (Å²) in [6.07, 6.45) is 3.28. The molecule has 1 aliphatic carbocycles. The van der Waals surface area contributed by atoms with Crippen LogP contribution in [0.1, 0.15) is 34.9 Å². The minimum Gasteiger partial charge on any atom is -0.352 e. The van der Waals surface area contributed by atoms with Crippen LogP contribution in [0.15, 0.2) is 41.8 Å². The van der Waals surface area contributed by atoms with Gasteiger partial charge in [0.15, 0.2) is 0 Å². The molecule has 0 radical (unpaired) electrons. The summed E-state index contributed by atoms with van der Waals surface area (Å²) in [6, 6.07) is 13.3. The third-order valence-electron chi connectivity index (χ3n) is 6.88. The minimum absolute atomic E-state index is 0.00811. The van der Waals surface area contributed by atoms with Crippen molar-refractivity contribution in [2.45, 2.75) is 37.9 Å². The van der Waals surface area contributed by atoms with Crippen LogP contribution in [-0.2, 0) is 17.8 Å².